The Balaban J connectivity index is 1.50. The van der Waals surface area contributed by atoms with Gasteiger partial charge in [0.2, 0.25) is 5.95 Å². The maximum absolute atomic E-state index is 12.8. The van der Waals surface area contributed by atoms with Crippen LogP contribution in [0.1, 0.15) is 18.3 Å². The summed E-state index contributed by atoms with van der Waals surface area (Å²) in [5, 5.41) is 16.9. The van der Waals surface area contributed by atoms with Gasteiger partial charge in [-0.3, -0.25) is 4.68 Å². The van der Waals surface area contributed by atoms with Crippen LogP contribution in [0, 0.1) is 18.3 Å². The average molecular weight is 406 g/mol. The van der Waals surface area contributed by atoms with Crippen molar-refractivity contribution >= 4 is 34.5 Å². The first kappa shape index (κ1) is 19.4. The van der Waals surface area contributed by atoms with E-state index in [2.05, 4.69) is 30.3 Å². The molecule has 3 aromatic heterocycles. The molecule has 1 aliphatic rings. The molecule has 0 spiro atoms. The van der Waals surface area contributed by atoms with Crippen LogP contribution in [0.2, 0.25) is 0 Å². The molecule has 0 aromatic carbocycles. The van der Waals surface area contributed by atoms with Crippen LogP contribution < -0.4 is 16.0 Å². The third kappa shape index (κ3) is 3.43. The van der Waals surface area contributed by atoms with Crippen molar-refractivity contribution in [1.82, 2.24) is 29.6 Å². The second-order valence-electron chi connectivity index (χ2n) is 7.27. The number of pyridine rings is 1. The van der Waals surface area contributed by atoms with E-state index in [0.717, 1.165) is 11.2 Å². The average Bonchev–Trinajstić information content (AvgIpc) is 3.09. The Morgan fingerprint density at radius 1 is 1.30 bits per heavy atom. The summed E-state index contributed by atoms with van der Waals surface area (Å²) in [4.78, 5) is 29.5. The Labute approximate surface area is 173 Å². The molecule has 0 radical (unpaired) electrons. The van der Waals surface area contributed by atoms with Crippen LogP contribution in [0.5, 0.6) is 0 Å². The Bertz CT molecular complexity index is 1160. The van der Waals surface area contributed by atoms with E-state index in [-0.39, 0.29) is 18.0 Å². The predicted molar refractivity (Wildman–Crippen MR) is 112 cm³/mol. The molecule has 0 unspecified atom stereocenters. The van der Waals surface area contributed by atoms with Crippen molar-refractivity contribution < 1.29 is 4.79 Å². The van der Waals surface area contributed by atoms with Crippen molar-refractivity contribution in [3.8, 4) is 6.07 Å². The van der Waals surface area contributed by atoms with Gasteiger partial charge < -0.3 is 20.9 Å². The highest BCUT2D eigenvalue weighted by atomic mass is 16.2. The van der Waals surface area contributed by atoms with E-state index in [9.17, 15) is 4.79 Å². The number of rotatable bonds is 2. The number of carbonyl (C=O) groups is 1. The number of carbonyl (C=O) groups excluding carboxylic acids is 1. The minimum absolute atomic E-state index is 0.0161. The summed E-state index contributed by atoms with van der Waals surface area (Å²) in [7, 11) is 1.81. The summed E-state index contributed by atoms with van der Waals surface area (Å²) in [5.41, 5.74) is 8.10. The monoisotopic (exact) mass is 406 g/mol. The number of nitriles is 1. The van der Waals surface area contributed by atoms with Crippen molar-refractivity contribution in [2.24, 2.45) is 7.05 Å². The third-order valence-corrected chi connectivity index (χ3v) is 5.22. The number of piperazine rings is 1. The minimum atomic E-state index is -0.204. The molecule has 3 N–H and O–H groups in total. The van der Waals surface area contributed by atoms with Gasteiger partial charge in [0.05, 0.1) is 23.0 Å². The van der Waals surface area contributed by atoms with Crippen LogP contribution in [0.4, 0.5) is 22.2 Å². The molecular weight excluding hydrogens is 384 g/mol. The van der Waals surface area contributed by atoms with Gasteiger partial charge in [-0.25, -0.2) is 9.78 Å². The van der Waals surface area contributed by atoms with Gasteiger partial charge in [-0.1, -0.05) is 0 Å². The zero-order valence-corrected chi connectivity index (χ0v) is 17.0. The molecule has 11 nitrogen and oxygen atoms in total. The summed E-state index contributed by atoms with van der Waals surface area (Å²) in [6.45, 7) is 5.43. The fourth-order valence-electron chi connectivity index (χ4n) is 3.65. The number of urea groups is 1. The number of nitrogens with one attached hydrogen (secondary N) is 1. The molecule has 2 amide bonds. The van der Waals surface area contributed by atoms with Crippen LogP contribution >= 0.6 is 0 Å². The van der Waals surface area contributed by atoms with Gasteiger partial charge in [0.1, 0.15) is 17.6 Å². The summed E-state index contributed by atoms with van der Waals surface area (Å²) in [6.07, 6.45) is 1.73. The highest BCUT2D eigenvalue weighted by molar-refractivity contribution is 5.91. The fraction of sp³-hybridized carbons (Fsp3) is 0.368. The zero-order chi connectivity index (χ0) is 21.4. The van der Waals surface area contributed by atoms with Gasteiger partial charge in [0.25, 0.3) is 0 Å². The minimum Gasteiger partial charge on any atom is -0.368 e. The predicted octanol–water partition coefficient (Wildman–Crippen LogP) is 1.26. The first-order valence-electron chi connectivity index (χ1n) is 9.53. The smallest absolute Gasteiger partial charge is 0.322 e. The molecule has 1 fully saturated rings. The largest absolute Gasteiger partial charge is 0.368 e. The normalized spacial score (nSPS) is 16.5. The van der Waals surface area contributed by atoms with E-state index in [0.29, 0.717) is 42.4 Å². The molecule has 1 aliphatic heterocycles. The van der Waals surface area contributed by atoms with Crippen molar-refractivity contribution in [3.05, 3.63) is 29.7 Å². The standard InChI is InChI=1S/C19H22N10O/c1-11-10-28(19(30)24-15-5-4-13(8-20)23-12(15)2)6-7-29(11)17-14-9-22-27(3)16(14)25-18(21)26-17/h4-5,9,11H,6-7,10H2,1-3H3,(H,24,30)(H2,21,25,26)/t11-/m0/s1. The lowest BCUT2D eigenvalue weighted by Gasteiger charge is -2.40. The lowest BCUT2D eigenvalue weighted by atomic mass is 10.2. The number of aryl methyl sites for hydroxylation is 2. The van der Waals surface area contributed by atoms with Crippen LogP contribution in [0.15, 0.2) is 18.3 Å². The first-order valence-corrected chi connectivity index (χ1v) is 9.53. The lowest BCUT2D eigenvalue weighted by molar-refractivity contribution is 0.200. The number of anilines is 3. The molecule has 11 heteroatoms. The van der Waals surface area contributed by atoms with Gasteiger partial charge >= 0.3 is 6.03 Å². The maximum Gasteiger partial charge on any atom is 0.322 e. The number of nitrogens with zero attached hydrogens (tertiary/aromatic N) is 8. The molecule has 30 heavy (non-hydrogen) atoms. The summed E-state index contributed by atoms with van der Waals surface area (Å²) in [6, 6.07) is 5.08. The number of hydrogen-bond acceptors (Lipinski definition) is 8. The van der Waals surface area contributed by atoms with Crippen LogP contribution in [-0.2, 0) is 7.05 Å². The molecule has 1 atom stereocenters. The molecule has 0 saturated carbocycles. The van der Waals surface area contributed by atoms with Crippen LogP contribution in [0.3, 0.4) is 0 Å². The third-order valence-electron chi connectivity index (χ3n) is 5.22. The second-order valence-corrected chi connectivity index (χ2v) is 7.27. The van der Waals surface area contributed by atoms with Gasteiger partial charge in [0, 0.05) is 32.7 Å². The Morgan fingerprint density at radius 2 is 2.10 bits per heavy atom. The molecular formula is C19H22N10O. The molecule has 0 aliphatic carbocycles. The molecule has 1 saturated heterocycles. The molecule has 3 aromatic rings. The van der Waals surface area contributed by atoms with Crippen molar-refractivity contribution in [3.63, 3.8) is 0 Å². The molecule has 4 rings (SSSR count). The second kappa shape index (κ2) is 7.47. The highest BCUT2D eigenvalue weighted by Gasteiger charge is 2.29. The fourth-order valence-corrected chi connectivity index (χ4v) is 3.65. The van der Waals surface area contributed by atoms with Crippen molar-refractivity contribution in [1.29, 1.82) is 5.26 Å². The van der Waals surface area contributed by atoms with Crippen LogP contribution in [0.25, 0.3) is 11.0 Å². The molecule has 0 bridgehead atoms. The quantitative estimate of drug-likeness (QED) is 0.648. The summed E-state index contributed by atoms with van der Waals surface area (Å²) >= 11 is 0. The number of nitrogen functional groups attached to an aromatic ring is 1. The van der Waals surface area contributed by atoms with Crippen molar-refractivity contribution in [2.45, 2.75) is 19.9 Å². The maximum atomic E-state index is 12.8. The van der Waals surface area contributed by atoms with Gasteiger partial charge in [-0.05, 0) is 26.0 Å². The molecule has 4 heterocycles. The number of nitrogens with two attached hydrogens (primary N) is 1. The lowest BCUT2D eigenvalue weighted by Crippen LogP contribution is -2.55. The van der Waals surface area contributed by atoms with Gasteiger partial charge in [0.15, 0.2) is 5.65 Å². The summed E-state index contributed by atoms with van der Waals surface area (Å²) < 4.78 is 1.67. The molecule has 154 valence electrons. The highest BCUT2D eigenvalue weighted by Crippen LogP contribution is 2.27. The van der Waals surface area contributed by atoms with E-state index < -0.39 is 0 Å². The van der Waals surface area contributed by atoms with Gasteiger partial charge in [-0.15, -0.1) is 0 Å². The Morgan fingerprint density at radius 3 is 2.80 bits per heavy atom. The number of hydrogen-bond donors (Lipinski definition) is 2. The van der Waals surface area contributed by atoms with Crippen LogP contribution in [-0.4, -0.2) is 61.3 Å². The Hall–Kier alpha value is -3.94. The number of fused-ring (bicyclic) bond motifs is 1. The zero-order valence-electron chi connectivity index (χ0n) is 17.0. The number of amides is 2. The summed E-state index contributed by atoms with van der Waals surface area (Å²) in [5.74, 6) is 0.919. The van der Waals surface area contributed by atoms with E-state index in [1.54, 1.807) is 34.8 Å². The van der Waals surface area contributed by atoms with Gasteiger partial charge in [-0.2, -0.15) is 20.3 Å². The SMILES string of the molecule is Cc1nc(C#N)ccc1NC(=O)N1CCN(c2nc(N)nc3c2cnn3C)[C@@H](C)C1. The van der Waals surface area contributed by atoms with E-state index in [4.69, 9.17) is 11.0 Å². The first-order chi connectivity index (χ1) is 14.4. The van der Waals surface area contributed by atoms with Crippen molar-refractivity contribution in [2.75, 3.05) is 35.6 Å². The van der Waals surface area contributed by atoms with E-state index >= 15 is 0 Å². The van der Waals surface area contributed by atoms with E-state index in [1.807, 2.05) is 20.0 Å². The topological polar surface area (TPSA) is 142 Å². The Kier molecular flexibility index (Phi) is 4.83. The van der Waals surface area contributed by atoms with E-state index in [1.165, 1.54) is 0 Å². The number of aromatic nitrogens is 5.